The van der Waals surface area contributed by atoms with Crippen LogP contribution in [-0.2, 0) is 10.2 Å². The number of aliphatic imine (C=N–C) groups is 1. The molecule has 0 amide bonds. The Kier molecular flexibility index (Phi) is 7.57. The summed E-state index contributed by atoms with van der Waals surface area (Å²) in [6.07, 6.45) is 4.59. The highest BCUT2D eigenvalue weighted by molar-refractivity contribution is 5.79. The fraction of sp³-hybridized carbons (Fsp3) is 0.682. The van der Waals surface area contributed by atoms with Crippen molar-refractivity contribution >= 4 is 5.96 Å². The Balaban J connectivity index is 1.62. The summed E-state index contributed by atoms with van der Waals surface area (Å²) in [5, 5.41) is 7.15. The molecule has 28 heavy (non-hydrogen) atoms. The topological polar surface area (TPSA) is 58.1 Å². The van der Waals surface area contributed by atoms with E-state index >= 15 is 0 Å². The lowest BCUT2D eigenvalue weighted by atomic mass is 9.74. The van der Waals surface area contributed by atoms with Gasteiger partial charge in [0.15, 0.2) is 5.96 Å². The van der Waals surface area contributed by atoms with E-state index in [0.717, 1.165) is 57.4 Å². The van der Waals surface area contributed by atoms with E-state index in [1.165, 1.54) is 24.9 Å². The SMILES string of the molecule is CCN1CCCC1CNC(=NC)NCC1(c2ccc(OC)cc2)CCOCC1. The monoisotopic (exact) mass is 388 g/mol. The Morgan fingerprint density at radius 3 is 2.64 bits per heavy atom. The van der Waals surface area contributed by atoms with E-state index in [4.69, 9.17) is 9.47 Å². The summed E-state index contributed by atoms with van der Waals surface area (Å²) < 4.78 is 11.0. The first kappa shape index (κ1) is 20.9. The third kappa shape index (κ3) is 4.97. The van der Waals surface area contributed by atoms with E-state index in [2.05, 4.69) is 51.7 Å². The molecule has 0 saturated carbocycles. The first-order valence-corrected chi connectivity index (χ1v) is 10.6. The fourth-order valence-electron chi connectivity index (χ4n) is 4.50. The molecule has 1 atom stereocenters. The summed E-state index contributed by atoms with van der Waals surface area (Å²) in [4.78, 5) is 7.01. The number of rotatable bonds is 7. The van der Waals surface area contributed by atoms with Gasteiger partial charge in [-0.15, -0.1) is 0 Å². The lowest BCUT2D eigenvalue weighted by molar-refractivity contribution is 0.0513. The highest BCUT2D eigenvalue weighted by atomic mass is 16.5. The summed E-state index contributed by atoms with van der Waals surface area (Å²) in [5.41, 5.74) is 1.40. The molecule has 156 valence electrons. The fourth-order valence-corrected chi connectivity index (χ4v) is 4.50. The Labute approximate surface area is 169 Å². The van der Waals surface area contributed by atoms with Crippen molar-refractivity contribution < 1.29 is 9.47 Å². The third-order valence-electron chi connectivity index (χ3n) is 6.38. The smallest absolute Gasteiger partial charge is 0.191 e. The molecule has 0 aliphatic carbocycles. The Morgan fingerprint density at radius 1 is 1.25 bits per heavy atom. The maximum atomic E-state index is 5.66. The molecular weight excluding hydrogens is 352 g/mol. The predicted molar refractivity (Wildman–Crippen MR) is 114 cm³/mol. The number of hydrogen-bond donors (Lipinski definition) is 2. The zero-order valence-corrected chi connectivity index (χ0v) is 17.7. The summed E-state index contributed by atoms with van der Waals surface area (Å²) in [6.45, 7) is 7.99. The van der Waals surface area contributed by atoms with Gasteiger partial charge in [-0.3, -0.25) is 9.89 Å². The van der Waals surface area contributed by atoms with Crippen molar-refractivity contribution in [3.05, 3.63) is 29.8 Å². The molecule has 2 aliphatic rings. The number of nitrogens with zero attached hydrogens (tertiary/aromatic N) is 2. The molecule has 2 aliphatic heterocycles. The predicted octanol–water partition coefficient (Wildman–Crippen LogP) is 2.39. The molecule has 2 saturated heterocycles. The minimum absolute atomic E-state index is 0.0605. The van der Waals surface area contributed by atoms with E-state index in [9.17, 15) is 0 Å². The standard InChI is InChI=1S/C22H36N4O2/c1-4-26-13-5-6-19(26)16-24-21(23-2)25-17-22(11-14-28-15-12-22)18-7-9-20(27-3)10-8-18/h7-10,19H,4-6,11-17H2,1-3H3,(H2,23,24,25). The average molecular weight is 389 g/mol. The van der Waals surface area contributed by atoms with Gasteiger partial charge < -0.3 is 20.1 Å². The highest BCUT2D eigenvalue weighted by Crippen LogP contribution is 2.35. The number of methoxy groups -OCH3 is 1. The van der Waals surface area contributed by atoms with Gasteiger partial charge in [-0.2, -0.15) is 0 Å². The molecule has 3 rings (SSSR count). The number of guanidine groups is 1. The zero-order valence-electron chi connectivity index (χ0n) is 17.7. The van der Waals surface area contributed by atoms with Gasteiger partial charge >= 0.3 is 0 Å². The first-order chi connectivity index (χ1) is 13.7. The third-order valence-corrected chi connectivity index (χ3v) is 6.38. The van der Waals surface area contributed by atoms with Gasteiger partial charge in [0.1, 0.15) is 5.75 Å². The Hall–Kier alpha value is -1.79. The highest BCUT2D eigenvalue weighted by Gasteiger charge is 2.34. The van der Waals surface area contributed by atoms with Crippen LogP contribution in [0.2, 0.25) is 0 Å². The lowest BCUT2D eigenvalue weighted by Gasteiger charge is -2.38. The van der Waals surface area contributed by atoms with E-state index < -0.39 is 0 Å². The van der Waals surface area contributed by atoms with Crippen LogP contribution in [0.25, 0.3) is 0 Å². The molecule has 1 aromatic rings. The second-order valence-electron chi connectivity index (χ2n) is 7.85. The number of likely N-dealkylation sites (tertiary alicyclic amines) is 1. The second kappa shape index (κ2) is 10.1. The van der Waals surface area contributed by atoms with Crippen LogP contribution in [0.15, 0.2) is 29.3 Å². The van der Waals surface area contributed by atoms with E-state index in [1.54, 1.807) is 7.11 Å². The van der Waals surface area contributed by atoms with E-state index in [-0.39, 0.29) is 5.41 Å². The van der Waals surface area contributed by atoms with Crippen LogP contribution in [-0.4, -0.2) is 70.5 Å². The van der Waals surface area contributed by atoms with E-state index in [1.807, 2.05) is 7.05 Å². The van der Waals surface area contributed by atoms with Crippen LogP contribution in [0.3, 0.4) is 0 Å². The molecule has 1 unspecified atom stereocenters. The van der Waals surface area contributed by atoms with Crippen LogP contribution in [0.1, 0.15) is 38.2 Å². The van der Waals surface area contributed by atoms with Gasteiger partial charge in [0, 0.05) is 44.8 Å². The van der Waals surface area contributed by atoms with Crippen molar-refractivity contribution in [2.24, 2.45) is 4.99 Å². The van der Waals surface area contributed by atoms with Crippen molar-refractivity contribution in [1.29, 1.82) is 0 Å². The molecule has 2 fully saturated rings. The van der Waals surface area contributed by atoms with Gasteiger partial charge in [-0.1, -0.05) is 19.1 Å². The summed E-state index contributed by atoms with van der Waals surface area (Å²) in [7, 11) is 3.56. The van der Waals surface area contributed by atoms with Crippen molar-refractivity contribution in [1.82, 2.24) is 15.5 Å². The zero-order chi connectivity index (χ0) is 19.8. The summed E-state index contributed by atoms with van der Waals surface area (Å²) in [6, 6.07) is 9.11. The van der Waals surface area contributed by atoms with Gasteiger partial charge in [-0.05, 0) is 56.5 Å². The molecule has 0 spiro atoms. The number of ether oxygens (including phenoxy) is 2. The maximum Gasteiger partial charge on any atom is 0.191 e. The molecule has 0 radical (unpaired) electrons. The minimum Gasteiger partial charge on any atom is -0.497 e. The van der Waals surface area contributed by atoms with Crippen LogP contribution in [0, 0.1) is 0 Å². The van der Waals surface area contributed by atoms with Crippen LogP contribution < -0.4 is 15.4 Å². The van der Waals surface area contributed by atoms with Gasteiger partial charge in [-0.25, -0.2) is 0 Å². The average Bonchev–Trinajstić information content (AvgIpc) is 3.22. The molecule has 0 bridgehead atoms. The van der Waals surface area contributed by atoms with Crippen molar-refractivity contribution in [2.45, 2.75) is 44.1 Å². The molecule has 0 aromatic heterocycles. The number of likely N-dealkylation sites (N-methyl/N-ethyl adjacent to an activating group) is 1. The van der Waals surface area contributed by atoms with Crippen LogP contribution >= 0.6 is 0 Å². The van der Waals surface area contributed by atoms with Crippen LogP contribution in [0.5, 0.6) is 5.75 Å². The number of benzene rings is 1. The minimum atomic E-state index is 0.0605. The Morgan fingerprint density at radius 2 is 2.00 bits per heavy atom. The first-order valence-electron chi connectivity index (χ1n) is 10.6. The van der Waals surface area contributed by atoms with Crippen molar-refractivity contribution in [3.63, 3.8) is 0 Å². The number of hydrogen-bond acceptors (Lipinski definition) is 4. The molecule has 2 N–H and O–H groups in total. The van der Waals surface area contributed by atoms with Crippen LogP contribution in [0.4, 0.5) is 0 Å². The van der Waals surface area contributed by atoms with Gasteiger partial charge in [0.25, 0.3) is 0 Å². The molecule has 6 nitrogen and oxygen atoms in total. The quantitative estimate of drug-likeness (QED) is 0.555. The summed E-state index contributed by atoms with van der Waals surface area (Å²) >= 11 is 0. The second-order valence-corrected chi connectivity index (χ2v) is 7.85. The molecular formula is C22H36N4O2. The summed E-state index contributed by atoms with van der Waals surface area (Å²) in [5.74, 6) is 1.79. The lowest BCUT2D eigenvalue weighted by Crippen LogP contribution is -2.50. The van der Waals surface area contributed by atoms with Crippen molar-refractivity contribution in [2.75, 3.05) is 53.6 Å². The molecule has 1 aromatic carbocycles. The molecule has 6 heteroatoms. The Bertz CT molecular complexity index is 626. The van der Waals surface area contributed by atoms with Gasteiger partial charge in [0.05, 0.1) is 7.11 Å². The van der Waals surface area contributed by atoms with E-state index in [0.29, 0.717) is 6.04 Å². The van der Waals surface area contributed by atoms with Gasteiger partial charge in [0.2, 0.25) is 0 Å². The number of nitrogens with one attached hydrogen (secondary N) is 2. The molecule has 2 heterocycles. The maximum absolute atomic E-state index is 5.66. The van der Waals surface area contributed by atoms with Crippen molar-refractivity contribution in [3.8, 4) is 5.75 Å². The normalized spacial score (nSPS) is 22.8. The largest absolute Gasteiger partial charge is 0.497 e.